The van der Waals surface area contributed by atoms with E-state index in [0.717, 1.165) is 25.0 Å². The Labute approximate surface area is 74.0 Å². The number of carbonyl (C=O) groups is 1. The fourth-order valence-electron chi connectivity index (χ4n) is 1.38. The highest BCUT2D eigenvalue weighted by Crippen LogP contribution is 2.12. The monoisotopic (exact) mass is 167 g/mol. The molecule has 2 nitrogen and oxygen atoms in total. The molecule has 1 fully saturated rings. The van der Waals surface area contributed by atoms with Crippen molar-refractivity contribution in [1.82, 2.24) is 5.32 Å². The Kier molecular flexibility index (Phi) is 3.85. The summed E-state index contributed by atoms with van der Waals surface area (Å²) in [6, 6.07) is 0. The van der Waals surface area contributed by atoms with Crippen LogP contribution >= 0.6 is 0 Å². The van der Waals surface area contributed by atoms with E-state index in [1.165, 1.54) is 12.8 Å². The molecule has 2 heteroatoms. The van der Waals surface area contributed by atoms with Crippen molar-refractivity contribution in [2.75, 3.05) is 0 Å². The highest BCUT2D eigenvalue weighted by Gasteiger charge is 2.10. The fraction of sp³-hybridized carbons (Fsp3) is 0.700. The minimum atomic E-state index is 0.184. The van der Waals surface area contributed by atoms with Crippen LogP contribution in [0.25, 0.3) is 0 Å². The highest BCUT2D eigenvalue weighted by molar-refractivity contribution is 5.78. The van der Waals surface area contributed by atoms with Gasteiger partial charge >= 0.3 is 0 Å². The fourth-order valence-corrected chi connectivity index (χ4v) is 1.38. The molecular formula is C10H17NO. The molecule has 0 bridgehead atoms. The van der Waals surface area contributed by atoms with E-state index in [2.05, 4.69) is 18.3 Å². The molecule has 1 aliphatic heterocycles. The maximum atomic E-state index is 11.0. The Balaban J connectivity index is 2.29. The lowest BCUT2D eigenvalue weighted by Gasteiger charge is -2.14. The van der Waals surface area contributed by atoms with Gasteiger partial charge < -0.3 is 5.32 Å². The van der Waals surface area contributed by atoms with Crippen molar-refractivity contribution in [2.24, 2.45) is 0 Å². The van der Waals surface area contributed by atoms with Crippen LogP contribution in [0, 0.1) is 0 Å². The van der Waals surface area contributed by atoms with Crippen LogP contribution in [0.4, 0.5) is 0 Å². The lowest BCUT2D eigenvalue weighted by atomic mass is 10.1. The molecular weight excluding hydrogens is 150 g/mol. The summed E-state index contributed by atoms with van der Waals surface area (Å²) in [6.45, 7) is 2.18. The molecule has 0 saturated carbocycles. The number of rotatable bonds is 3. The molecule has 1 heterocycles. The standard InChI is InChI=1S/C10H17NO/c1-2-3-4-6-9-7-5-8-10(12)11-9/h6H,2-5,7-8H2,1H3,(H,11,12). The minimum absolute atomic E-state index is 0.184. The van der Waals surface area contributed by atoms with Gasteiger partial charge in [0, 0.05) is 12.1 Å². The Morgan fingerprint density at radius 1 is 1.50 bits per heavy atom. The third kappa shape index (κ3) is 3.07. The van der Waals surface area contributed by atoms with E-state index in [1.54, 1.807) is 0 Å². The summed E-state index contributed by atoms with van der Waals surface area (Å²) >= 11 is 0. The van der Waals surface area contributed by atoms with Gasteiger partial charge in [0.15, 0.2) is 0 Å². The van der Waals surface area contributed by atoms with Crippen molar-refractivity contribution in [2.45, 2.75) is 45.4 Å². The Morgan fingerprint density at radius 3 is 3.00 bits per heavy atom. The third-order valence-corrected chi connectivity index (χ3v) is 2.10. The third-order valence-electron chi connectivity index (χ3n) is 2.10. The second-order valence-corrected chi connectivity index (χ2v) is 3.27. The van der Waals surface area contributed by atoms with Crippen molar-refractivity contribution in [1.29, 1.82) is 0 Å². The zero-order valence-electron chi connectivity index (χ0n) is 7.73. The van der Waals surface area contributed by atoms with Crippen molar-refractivity contribution in [3.8, 4) is 0 Å². The number of nitrogens with one attached hydrogen (secondary N) is 1. The topological polar surface area (TPSA) is 29.1 Å². The predicted octanol–water partition coefficient (Wildman–Crippen LogP) is 2.36. The Morgan fingerprint density at radius 2 is 2.33 bits per heavy atom. The Hall–Kier alpha value is -0.790. The molecule has 1 rings (SSSR count). The molecule has 1 amide bonds. The SMILES string of the molecule is CCCCC=C1CCCC(=O)N1. The van der Waals surface area contributed by atoms with Gasteiger partial charge in [0.2, 0.25) is 5.91 Å². The Bertz CT molecular complexity index is 184. The van der Waals surface area contributed by atoms with E-state index in [1.807, 2.05) is 0 Å². The largest absolute Gasteiger partial charge is 0.330 e. The lowest BCUT2D eigenvalue weighted by Crippen LogP contribution is -2.26. The van der Waals surface area contributed by atoms with Crippen molar-refractivity contribution in [3.63, 3.8) is 0 Å². The van der Waals surface area contributed by atoms with Gasteiger partial charge in [-0.2, -0.15) is 0 Å². The molecule has 12 heavy (non-hydrogen) atoms. The smallest absolute Gasteiger partial charge is 0.224 e. The second kappa shape index (κ2) is 4.96. The van der Waals surface area contributed by atoms with Gasteiger partial charge in [-0.1, -0.05) is 25.8 Å². The molecule has 1 aliphatic rings. The average Bonchev–Trinajstić information content (AvgIpc) is 2.05. The molecule has 0 radical (unpaired) electrons. The van der Waals surface area contributed by atoms with Crippen LogP contribution < -0.4 is 5.32 Å². The number of hydrogen-bond acceptors (Lipinski definition) is 1. The van der Waals surface area contributed by atoms with E-state index >= 15 is 0 Å². The lowest BCUT2D eigenvalue weighted by molar-refractivity contribution is -0.121. The van der Waals surface area contributed by atoms with Gasteiger partial charge in [0.05, 0.1) is 0 Å². The maximum absolute atomic E-state index is 11.0. The number of unbranched alkanes of at least 4 members (excludes halogenated alkanes) is 2. The summed E-state index contributed by atoms with van der Waals surface area (Å²) in [7, 11) is 0. The van der Waals surface area contributed by atoms with Crippen LogP contribution in [0.5, 0.6) is 0 Å². The molecule has 68 valence electrons. The first-order chi connectivity index (χ1) is 5.83. The van der Waals surface area contributed by atoms with Crippen LogP contribution in [-0.2, 0) is 4.79 Å². The van der Waals surface area contributed by atoms with Gasteiger partial charge in [-0.25, -0.2) is 0 Å². The van der Waals surface area contributed by atoms with Crippen LogP contribution in [0.15, 0.2) is 11.8 Å². The highest BCUT2D eigenvalue weighted by atomic mass is 16.1. The van der Waals surface area contributed by atoms with Gasteiger partial charge in [0.25, 0.3) is 0 Å². The van der Waals surface area contributed by atoms with E-state index in [9.17, 15) is 4.79 Å². The number of allylic oxidation sites excluding steroid dienone is 2. The summed E-state index contributed by atoms with van der Waals surface area (Å²) in [5, 5.41) is 2.90. The maximum Gasteiger partial charge on any atom is 0.224 e. The van der Waals surface area contributed by atoms with Crippen LogP contribution in [0.1, 0.15) is 45.4 Å². The van der Waals surface area contributed by atoms with E-state index < -0.39 is 0 Å². The molecule has 0 aromatic heterocycles. The summed E-state index contributed by atoms with van der Waals surface area (Å²) < 4.78 is 0. The van der Waals surface area contributed by atoms with Gasteiger partial charge in [-0.15, -0.1) is 0 Å². The number of carbonyl (C=O) groups excluding carboxylic acids is 1. The predicted molar refractivity (Wildman–Crippen MR) is 49.6 cm³/mol. The second-order valence-electron chi connectivity index (χ2n) is 3.27. The molecule has 1 saturated heterocycles. The molecule has 0 atom stereocenters. The number of piperidine rings is 1. The van der Waals surface area contributed by atoms with Crippen molar-refractivity contribution >= 4 is 5.91 Å². The van der Waals surface area contributed by atoms with E-state index in [-0.39, 0.29) is 5.91 Å². The molecule has 0 aromatic rings. The molecule has 0 aliphatic carbocycles. The first-order valence-corrected chi connectivity index (χ1v) is 4.82. The number of amides is 1. The van der Waals surface area contributed by atoms with Crippen LogP contribution in [0.3, 0.4) is 0 Å². The van der Waals surface area contributed by atoms with Crippen LogP contribution in [0.2, 0.25) is 0 Å². The number of hydrogen-bond donors (Lipinski definition) is 1. The first kappa shape index (κ1) is 9.30. The van der Waals surface area contributed by atoms with Crippen LogP contribution in [-0.4, -0.2) is 5.91 Å². The molecule has 1 N–H and O–H groups in total. The minimum Gasteiger partial charge on any atom is -0.330 e. The first-order valence-electron chi connectivity index (χ1n) is 4.82. The molecule has 0 spiro atoms. The van der Waals surface area contributed by atoms with Gasteiger partial charge in [0.1, 0.15) is 0 Å². The summed E-state index contributed by atoms with van der Waals surface area (Å²) in [4.78, 5) is 11.0. The van der Waals surface area contributed by atoms with Crippen molar-refractivity contribution in [3.05, 3.63) is 11.8 Å². The molecule has 0 aromatic carbocycles. The summed E-state index contributed by atoms with van der Waals surface area (Å²) in [5.41, 5.74) is 1.14. The normalized spacial score (nSPS) is 21.1. The zero-order valence-corrected chi connectivity index (χ0v) is 7.73. The molecule has 0 unspecified atom stereocenters. The zero-order chi connectivity index (χ0) is 8.81. The van der Waals surface area contributed by atoms with Gasteiger partial charge in [-0.3, -0.25) is 4.79 Å². The van der Waals surface area contributed by atoms with Gasteiger partial charge in [-0.05, 0) is 19.3 Å². The average molecular weight is 167 g/mol. The van der Waals surface area contributed by atoms with E-state index in [4.69, 9.17) is 0 Å². The summed E-state index contributed by atoms with van der Waals surface area (Å²) in [6.07, 6.45) is 8.48. The van der Waals surface area contributed by atoms with Crippen molar-refractivity contribution < 1.29 is 4.79 Å². The quantitative estimate of drug-likeness (QED) is 0.642. The summed E-state index contributed by atoms with van der Waals surface area (Å²) in [5.74, 6) is 0.184. The van der Waals surface area contributed by atoms with E-state index in [0.29, 0.717) is 6.42 Å².